The number of nitrogens with zero attached hydrogens (tertiary/aromatic N) is 1. The van der Waals surface area contributed by atoms with E-state index in [4.69, 9.17) is 14.9 Å². The molecule has 1 aromatic rings. The zero-order valence-corrected chi connectivity index (χ0v) is 13.1. The van der Waals surface area contributed by atoms with Crippen molar-refractivity contribution in [3.8, 4) is 5.75 Å². The molecule has 0 spiro atoms. The lowest BCUT2D eigenvalue weighted by molar-refractivity contribution is -0.386. The molecule has 0 aromatic heterocycles. The summed E-state index contributed by atoms with van der Waals surface area (Å²) in [6.07, 6.45) is -0.412. The van der Waals surface area contributed by atoms with Crippen LogP contribution in [0, 0.1) is 10.1 Å². The molecule has 0 bridgehead atoms. The van der Waals surface area contributed by atoms with Crippen LogP contribution in [0.4, 0.5) is 5.69 Å². The van der Waals surface area contributed by atoms with Crippen molar-refractivity contribution in [1.29, 1.82) is 0 Å². The lowest BCUT2D eigenvalue weighted by Crippen LogP contribution is -2.57. The lowest BCUT2D eigenvalue weighted by Gasteiger charge is -2.21. The number of nitrogens with one attached hydrogen (secondary N) is 1. The van der Waals surface area contributed by atoms with Crippen molar-refractivity contribution in [2.24, 2.45) is 0 Å². The third-order valence-corrected chi connectivity index (χ3v) is 3.00. The topological polar surface area (TPSA) is 156 Å². The van der Waals surface area contributed by atoms with Gasteiger partial charge in [-0.2, -0.15) is 0 Å². The maximum atomic E-state index is 12.1. The third-order valence-electron chi connectivity index (χ3n) is 3.00. The summed E-state index contributed by atoms with van der Waals surface area (Å²) in [5.41, 5.74) is -3.10. The Balaban J connectivity index is 3.22. The minimum absolute atomic E-state index is 0.176. The van der Waals surface area contributed by atoms with Crippen LogP contribution in [0.1, 0.15) is 31.1 Å². The largest absolute Gasteiger partial charge is 0.484 e. The average Bonchev–Trinajstić information content (AvgIpc) is 2.45. The highest BCUT2D eigenvalue weighted by molar-refractivity contribution is 6.08. The molecule has 1 amide bonds. The summed E-state index contributed by atoms with van der Waals surface area (Å²) in [7, 11) is 0. The molecule has 0 saturated heterocycles. The Kier molecular flexibility index (Phi) is 5.46. The summed E-state index contributed by atoms with van der Waals surface area (Å²) >= 11 is 0. The number of hydrogen-bond donors (Lipinski definition) is 3. The number of nitro groups is 1. The molecule has 10 nitrogen and oxygen atoms in total. The predicted octanol–water partition coefficient (Wildman–Crippen LogP) is 1.04. The summed E-state index contributed by atoms with van der Waals surface area (Å²) in [5, 5.41) is 30.8. The van der Waals surface area contributed by atoms with Crippen molar-refractivity contribution in [2.45, 2.75) is 32.4 Å². The quantitative estimate of drug-likeness (QED) is 0.377. The van der Waals surface area contributed by atoms with Crippen LogP contribution >= 0.6 is 0 Å². The summed E-state index contributed by atoms with van der Waals surface area (Å²) < 4.78 is 5.27. The van der Waals surface area contributed by atoms with Crippen molar-refractivity contribution in [2.75, 3.05) is 0 Å². The number of carbonyl (C=O) groups is 3. The summed E-state index contributed by atoms with van der Waals surface area (Å²) in [4.78, 5) is 44.5. The maximum absolute atomic E-state index is 12.1. The Morgan fingerprint density at radius 3 is 2.21 bits per heavy atom. The SMILES string of the molecule is CC(C)Oc1cc(C(=O)NC(C)(C(=O)O)C(=O)O)ccc1[N+](=O)[O-]. The van der Waals surface area contributed by atoms with E-state index in [0.29, 0.717) is 0 Å². The van der Waals surface area contributed by atoms with E-state index in [1.54, 1.807) is 13.8 Å². The zero-order valence-electron chi connectivity index (χ0n) is 13.1. The summed E-state index contributed by atoms with van der Waals surface area (Å²) in [6, 6.07) is 3.15. The Morgan fingerprint density at radius 1 is 1.25 bits per heavy atom. The lowest BCUT2D eigenvalue weighted by atomic mass is 10.0. The van der Waals surface area contributed by atoms with E-state index >= 15 is 0 Å². The normalized spacial score (nSPS) is 11.0. The van der Waals surface area contributed by atoms with Gasteiger partial charge in [0, 0.05) is 17.7 Å². The molecule has 130 valence electrons. The van der Waals surface area contributed by atoms with Gasteiger partial charge in [0.15, 0.2) is 5.75 Å². The van der Waals surface area contributed by atoms with E-state index in [2.05, 4.69) is 0 Å². The number of carboxylic acid groups (broad SMARTS) is 2. The van der Waals surface area contributed by atoms with Crippen molar-refractivity contribution >= 4 is 23.5 Å². The van der Waals surface area contributed by atoms with Crippen molar-refractivity contribution in [3.05, 3.63) is 33.9 Å². The monoisotopic (exact) mass is 340 g/mol. The molecule has 0 atom stereocenters. The van der Waals surface area contributed by atoms with Gasteiger partial charge in [0.25, 0.3) is 5.91 Å². The Labute approximate surface area is 136 Å². The highest BCUT2D eigenvalue weighted by Gasteiger charge is 2.43. The standard InChI is InChI=1S/C14H16N2O8/c1-7(2)24-10-6-8(4-5-9(10)16(22)23)11(17)15-14(3,12(18)19)13(20)21/h4-7H,1-3H3,(H,15,17)(H,18,19)(H,20,21). The number of carbonyl (C=O) groups excluding carboxylic acids is 1. The number of amides is 1. The maximum Gasteiger partial charge on any atom is 0.340 e. The Bertz CT molecular complexity index is 684. The number of ether oxygens (including phenoxy) is 1. The molecule has 0 saturated carbocycles. The van der Waals surface area contributed by atoms with Gasteiger partial charge in [0.1, 0.15) is 0 Å². The van der Waals surface area contributed by atoms with E-state index in [1.807, 2.05) is 5.32 Å². The van der Waals surface area contributed by atoms with Crippen LogP contribution in [0.3, 0.4) is 0 Å². The minimum atomic E-state index is -2.54. The fourth-order valence-corrected chi connectivity index (χ4v) is 1.65. The number of aliphatic carboxylic acids is 2. The fourth-order valence-electron chi connectivity index (χ4n) is 1.65. The molecular weight excluding hydrogens is 324 g/mol. The van der Waals surface area contributed by atoms with Gasteiger partial charge in [-0.05, 0) is 26.8 Å². The average molecular weight is 340 g/mol. The third kappa shape index (κ3) is 3.97. The molecule has 0 radical (unpaired) electrons. The van der Waals surface area contributed by atoms with E-state index in [0.717, 1.165) is 25.1 Å². The first-order valence-corrected chi connectivity index (χ1v) is 6.73. The van der Waals surface area contributed by atoms with Gasteiger partial charge in [0.2, 0.25) is 5.54 Å². The van der Waals surface area contributed by atoms with Crippen molar-refractivity contribution in [1.82, 2.24) is 5.32 Å². The van der Waals surface area contributed by atoms with Gasteiger partial charge in [-0.3, -0.25) is 14.9 Å². The fraction of sp³-hybridized carbons (Fsp3) is 0.357. The van der Waals surface area contributed by atoms with Crippen LogP contribution in [-0.2, 0) is 9.59 Å². The second-order valence-electron chi connectivity index (χ2n) is 5.30. The number of carboxylic acids is 2. The van der Waals surface area contributed by atoms with E-state index in [1.165, 1.54) is 0 Å². The van der Waals surface area contributed by atoms with E-state index in [-0.39, 0.29) is 17.0 Å². The van der Waals surface area contributed by atoms with Crippen LogP contribution in [0.5, 0.6) is 5.75 Å². The second-order valence-corrected chi connectivity index (χ2v) is 5.30. The molecule has 3 N–H and O–H groups in total. The molecule has 0 fully saturated rings. The molecule has 1 aromatic carbocycles. The predicted molar refractivity (Wildman–Crippen MR) is 80.0 cm³/mol. The van der Waals surface area contributed by atoms with Gasteiger partial charge >= 0.3 is 17.6 Å². The molecule has 24 heavy (non-hydrogen) atoms. The molecule has 0 heterocycles. The molecule has 0 aliphatic carbocycles. The van der Waals surface area contributed by atoms with Crippen LogP contribution in [0.25, 0.3) is 0 Å². The summed E-state index contributed by atoms with van der Waals surface area (Å²) in [6.45, 7) is 4.07. The minimum Gasteiger partial charge on any atom is -0.484 e. The first-order valence-electron chi connectivity index (χ1n) is 6.73. The van der Waals surface area contributed by atoms with Gasteiger partial charge in [-0.15, -0.1) is 0 Å². The zero-order chi connectivity index (χ0) is 18.7. The number of rotatable bonds is 7. The molecule has 0 aliphatic heterocycles. The van der Waals surface area contributed by atoms with Gasteiger partial charge in [0.05, 0.1) is 11.0 Å². The van der Waals surface area contributed by atoms with Crippen LogP contribution < -0.4 is 10.1 Å². The molecule has 0 aliphatic rings. The van der Waals surface area contributed by atoms with Crippen molar-refractivity contribution < 1.29 is 34.3 Å². The highest BCUT2D eigenvalue weighted by atomic mass is 16.6. The number of nitro benzene ring substituents is 1. The van der Waals surface area contributed by atoms with E-state index < -0.39 is 34.4 Å². The van der Waals surface area contributed by atoms with Gasteiger partial charge in [-0.25, -0.2) is 9.59 Å². The first-order chi connectivity index (χ1) is 11.0. The second kappa shape index (κ2) is 6.94. The first kappa shape index (κ1) is 18.9. The highest BCUT2D eigenvalue weighted by Crippen LogP contribution is 2.29. The van der Waals surface area contributed by atoms with Crippen LogP contribution in [0.2, 0.25) is 0 Å². The smallest absolute Gasteiger partial charge is 0.340 e. The molecule has 10 heteroatoms. The van der Waals surface area contributed by atoms with Crippen LogP contribution in [0.15, 0.2) is 18.2 Å². The number of hydrogen-bond acceptors (Lipinski definition) is 6. The van der Waals surface area contributed by atoms with Crippen molar-refractivity contribution in [3.63, 3.8) is 0 Å². The van der Waals surface area contributed by atoms with E-state index in [9.17, 15) is 24.5 Å². The Morgan fingerprint density at radius 2 is 1.79 bits per heavy atom. The molecule has 0 unspecified atom stereocenters. The molecule has 1 rings (SSSR count). The van der Waals surface area contributed by atoms with Gasteiger partial charge < -0.3 is 20.3 Å². The Hall–Kier alpha value is -3.17. The van der Waals surface area contributed by atoms with Crippen LogP contribution in [-0.4, -0.2) is 44.6 Å². The summed E-state index contributed by atoms with van der Waals surface area (Å²) in [5.74, 6) is -4.73. The number of benzene rings is 1. The van der Waals surface area contributed by atoms with Gasteiger partial charge in [-0.1, -0.05) is 0 Å². The molecular formula is C14H16N2O8.